The van der Waals surface area contributed by atoms with Crippen molar-refractivity contribution in [2.45, 2.75) is 13.0 Å². The zero-order chi connectivity index (χ0) is 18.7. The van der Waals surface area contributed by atoms with E-state index < -0.39 is 23.7 Å². The second kappa shape index (κ2) is 7.57. The van der Waals surface area contributed by atoms with Crippen molar-refractivity contribution in [3.05, 3.63) is 64.6 Å². The van der Waals surface area contributed by atoms with Crippen LogP contribution in [0.4, 0.5) is 4.39 Å². The summed E-state index contributed by atoms with van der Waals surface area (Å²) in [5, 5.41) is 0.743. The number of carbonyl (C=O) groups excluding carboxylic acids is 2. The Labute approximate surface area is 156 Å². The van der Waals surface area contributed by atoms with Gasteiger partial charge in [0.2, 0.25) is 0 Å². The summed E-state index contributed by atoms with van der Waals surface area (Å²) in [5.41, 5.74) is 4.99. The van der Waals surface area contributed by atoms with E-state index >= 15 is 0 Å². The average Bonchev–Trinajstić information content (AvgIpc) is 3.07. The summed E-state index contributed by atoms with van der Waals surface area (Å²) >= 11 is 3.34. The van der Waals surface area contributed by atoms with Crippen LogP contribution >= 0.6 is 15.9 Å². The molecule has 6 nitrogen and oxygen atoms in total. The van der Waals surface area contributed by atoms with Gasteiger partial charge >= 0.3 is 5.91 Å². The maximum Gasteiger partial charge on any atom is 0.305 e. The van der Waals surface area contributed by atoms with Crippen molar-refractivity contribution in [3.63, 3.8) is 0 Å². The molecule has 2 amide bonds. The van der Waals surface area contributed by atoms with E-state index in [1.807, 2.05) is 6.07 Å². The van der Waals surface area contributed by atoms with Gasteiger partial charge in [-0.25, -0.2) is 4.39 Å². The van der Waals surface area contributed by atoms with Gasteiger partial charge in [-0.3, -0.25) is 20.4 Å². The highest BCUT2D eigenvalue weighted by Crippen LogP contribution is 2.26. The number of amides is 2. The third-order valence-electron chi connectivity index (χ3n) is 3.53. The number of nitrogens with one attached hydrogen (secondary N) is 2. The standard InChI is InChI=1S/C18H14BrFN2O4/c1-10(25-14-8-3-2-7-13(14)20)17(23)21-22-18(24)15-9-11-5-4-6-12(19)16(11)26-15/h2-10H,1H3,(H,21,23)(H,22,24). The van der Waals surface area contributed by atoms with Crippen LogP contribution in [0.2, 0.25) is 0 Å². The molecule has 3 aromatic rings. The first kappa shape index (κ1) is 17.9. The Morgan fingerprint density at radius 3 is 2.65 bits per heavy atom. The molecule has 0 aliphatic carbocycles. The molecule has 8 heteroatoms. The Morgan fingerprint density at radius 2 is 1.92 bits per heavy atom. The SMILES string of the molecule is CC(Oc1ccccc1F)C(=O)NNC(=O)c1cc2cccc(Br)c2o1. The van der Waals surface area contributed by atoms with Crippen LogP contribution in [0.5, 0.6) is 5.75 Å². The minimum Gasteiger partial charge on any atom is -0.478 e. The van der Waals surface area contributed by atoms with Crippen molar-refractivity contribution in [2.75, 3.05) is 0 Å². The summed E-state index contributed by atoms with van der Waals surface area (Å²) in [4.78, 5) is 24.1. The molecule has 26 heavy (non-hydrogen) atoms. The molecule has 1 atom stereocenters. The number of benzene rings is 2. The van der Waals surface area contributed by atoms with E-state index in [1.54, 1.807) is 24.3 Å². The smallest absolute Gasteiger partial charge is 0.305 e. The molecule has 0 bridgehead atoms. The number of hydrogen-bond donors (Lipinski definition) is 2. The van der Waals surface area contributed by atoms with Crippen LogP contribution in [-0.2, 0) is 4.79 Å². The first-order valence-corrected chi connectivity index (χ1v) is 8.44. The van der Waals surface area contributed by atoms with E-state index in [1.165, 1.54) is 25.1 Å². The number of hydrogen-bond acceptors (Lipinski definition) is 4. The summed E-state index contributed by atoms with van der Waals surface area (Å²) in [5.74, 6) is -1.86. The normalized spacial score (nSPS) is 11.8. The Kier molecular flexibility index (Phi) is 5.22. The lowest BCUT2D eigenvalue weighted by Crippen LogP contribution is -2.47. The predicted molar refractivity (Wildman–Crippen MR) is 96.0 cm³/mol. The lowest BCUT2D eigenvalue weighted by Gasteiger charge is -2.15. The van der Waals surface area contributed by atoms with Crippen LogP contribution in [0.15, 0.2) is 57.4 Å². The highest BCUT2D eigenvalue weighted by atomic mass is 79.9. The Bertz CT molecular complexity index is 973. The number of para-hydroxylation sites is 2. The molecule has 0 aliphatic rings. The largest absolute Gasteiger partial charge is 0.478 e. The molecule has 0 spiro atoms. The summed E-state index contributed by atoms with van der Waals surface area (Å²) in [6.45, 7) is 1.44. The number of carbonyl (C=O) groups is 2. The first-order valence-electron chi connectivity index (χ1n) is 7.65. The fourth-order valence-corrected chi connectivity index (χ4v) is 2.67. The topological polar surface area (TPSA) is 80.6 Å². The molecule has 2 aromatic carbocycles. The first-order chi connectivity index (χ1) is 12.5. The minimum atomic E-state index is -1.02. The van der Waals surface area contributed by atoms with Crippen molar-refractivity contribution in [2.24, 2.45) is 0 Å². The van der Waals surface area contributed by atoms with Crippen LogP contribution in [0.1, 0.15) is 17.5 Å². The van der Waals surface area contributed by atoms with Gasteiger partial charge in [0.15, 0.2) is 23.4 Å². The number of furan rings is 1. The van der Waals surface area contributed by atoms with Gasteiger partial charge in [-0.15, -0.1) is 0 Å². The van der Waals surface area contributed by atoms with Gasteiger partial charge in [0.1, 0.15) is 5.58 Å². The maximum absolute atomic E-state index is 13.5. The maximum atomic E-state index is 13.5. The molecule has 1 unspecified atom stereocenters. The van der Waals surface area contributed by atoms with E-state index in [0.29, 0.717) is 10.1 Å². The van der Waals surface area contributed by atoms with Gasteiger partial charge in [-0.1, -0.05) is 24.3 Å². The monoisotopic (exact) mass is 420 g/mol. The summed E-state index contributed by atoms with van der Waals surface area (Å²) in [7, 11) is 0. The van der Waals surface area contributed by atoms with Gasteiger partial charge in [-0.05, 0) is 47.1 Å². The van der Waals surface area contributed by atoms with Crippen molar-refractivity contribution in [1.29, 1.82) is 0 Å². The molecule has 0 aliphatic heterocycles. The Balaban J connectivity index is 1.60. The lowest BCUT2D eigenvalue weighted by atomic mass is 10.2. The van der Waals surface area contributed by atoms with Crippen molar-refractivity contribution in [1.82, 2.24) is 10.9 Å². The van der Waals surface area contributed by atoms with E-state index in [4.69, 9.17) is 9.15 Å². The molecular formula is C18H14BrFN2O4. The third-order valence-corrected chi connectivity index (χ3v) is 4.15. The number of halogens is 2. The van der Waals surface area contributed by atoms with Gasteiger partial charge in [-0.2, -0.15) is 0 Å². The van der Waals surface area contributed by atoms with Crippen LogP contribution in [0, 0.1) is 5.82 Å². The Morgan fingerprint density at radius 1 is 1.15 bits per heavy atom. The van der Waals surface area contributed by atoms with E-state index in [-0.39, 0.29) is 11.5 Å². The van der Waals surface area contributed by atoms with Crippen LogP contribution in [0.3, 0.4) is 0 Å². The molecule has 0 fully saturated rings. The van der Waals surface area contributed by atoms with Gasteiger partial charge in [0.05, 0.1) is 4.47 Å². The molecule has 134 valence electrons. The molecule has 0 saturated heterocycles. The van der Waals surface area contributed by atoms with Gasteiger partial charge < -0.3 is 9.15 Å². The van der Waals surface area contributed by atoms with E-state index in [9.17, 15) is 14.0 Å². The van der Waals surface area contributed by atoms with Gasteiger partial charge in [0.25, 0.3) is 5.91 Å². The number of hydrazine groups is 1. The van der Waals surface area contributed by atoms with Crippen molar-refractivity contribution >= 4 is 38.7 Å². The van der Waals surface area contributed by atoms with Gasteiger partial charge in [0, 0.05) is 5.39 Å². The fourth-order valence-electron chi connectivity index (χ4n) is 2.21. The Hall–Kier alpha value is -2.87. The highest BCUT2D eigenvalue weighted by molar-refractivity contribution is 9.10. The zero-order valence-corrected chi connectivity index (χ0v) is 15.2. The minimum absolute atomic E-state index is 0.0369. The third kappa shape index (κ3) is 3.85. The summed E-state index contributed by atoms with van der Waals surface area (Å²) in [6.07, 6.45) is -1.02. The van der Waals surface area contributed by atoms with E-state index in [0.717, 1.165) is 5.39 Å². The molecule has 0 radical (unpaired) electrons. The average molecular weight is 421 g/mol. The quantitative estimate of drug-likeness (QED) is 0.632. The van der Waals surface area contributed by atoms with E-state index in [2.05, 4.69) is 26.8 Å². The molecule has 1 aromatic heterocycles. The lowest BCUT2D eigenvalue weighted by molar-refractivity contribution is -0.128. The number of fused-ring (bicyclic) bond motifs is 1. The second-order valence-electron chi connectivity index (χ2n) is 5.40. The predicted octanol–water partition coefficient (Wildman–Crippen LogP) is 3.56. The molecule has 2 N–H and O–H groups in total. The zero-order valence-electron chi connectivity index (χ0n) is 13.6. The van der Waals surface area contributed by atoms with Crippen molar-refractivity contribution < 1.29 is 23.1 Å². The summed E-state index contributed by atoms with van der Waals surface area (Å²) < 4.78 is 25.0. The molecule has 3 rings (SSSR count). The molecule has 0 saturated carbocycles. The fraction of sp³-hybridized carbons (Fsp3) is 0.111. The molecule has 1 heterocycles. The number of rotatable bonds is 4. The second-order valence-corrected chi connectivity index (χ2v) is 6.26. The number of ether oxygens (including phenoxy) is 1. The van der Waals surface area contributed by atoms with Crippen LogP contribution in [-0.4, -0.2) is 17.9 Å². The van der Waals surface area contributed by atoms with Crippen LogP contribution < -0.4 is 15.6 Å². The summed E-state index contributed by atoms with van der Waals surface area (Å²) in [6, 6.07) is 12.7. The van der Waals surface area contributed by atoms with Crippen LogP contribution in [0.25, 0.3) is 11.0 Å². The van der Waals surface area contributed by atoms with Crippen molar-refractivity contribution in [3.8, 4) is 5.75 Å². The molecular weight excluding hydrogens is 407 g/mol. The highest BCUT2D eigenvalue weighted by Gasteiger charge is 2.19.